The van der Waals surface area contributed by atoms with E-state index in [4.69, 9.17) is 10.2 Å². The number of benzene rings is 1. The number of nitrogens with zero attached hydrogens (tertiary/aromatic N) is 3. The fourth-order valence-electron chi connectivity index (χ4n) is 3.22. The van der Waals surface area contributed by atoms with E-state index in [0.29, 0.717) is 24.7 Å². The molecule has 0 saturated carbocycles. The molecule has 6 heteroatoms. The number of hydrogen-bond acceptors (Lipinski definition) is 5. The summed E-state index contributed by atoms with van der Waals surface area (Å²) in [4.78, 5) is 21.2. The summed E-state index contributed by atoms with van der Waals surface area (Å²) in [6.45, 7) is 6.17. The van der Waals surface area contributed by atoms with Crippen LogP contribution in [0, 0.1) is 0 Å². The fourth-order valence-corrected chi connectivity index (χ4v) is 3.22. The SMILES string of the molecule is CCCCC(N)c1nc(C(=O)N2CCN(Cc3ccccc3)CC2)co1. The second kappa shape index (κ2) is 8.96. The zero-order chi connectivity index (χ0) is 18.4. The van der Waals surface area contributed by atoms with Crippen LogP contribution in [0.4, 0.5) is 0 Å². The molecule has 1 amide bonds. The van der Waals surface area contributed by atoms with Gasteiger partial charge in [-0.05, 0) is 12.0 Å². The third kappa shape index (κ3) is 4.71. The molecule has 0 bridgehead atoms. The molecular formula is C20H28N4O2. The minimum Gasteiger partial charge on any atom is -0.446 e. The van der Waals surface area contributed by atoms with Crippen molar-refractivity contribution in [2.45, 2.75) is 38.8 Å². The molecule has 2 heterocycles. The molecule has 0 aliphatic carbocycles. The topological polar surface area (TPSA) is 75.6 Å². The van der Waals surface area contributed by atoms with Crippen LogP contribution in [0.25, 0.3) is 0 Å². The third-order valence-corrected chi connectivity index (χ3v) is 4.84. The van der Waals surface area contributed by atoms with Crippen LogP contribution in [0.15, 0.2) is 41.0 Å². The summed E-state index contributed by atoms with van der Waals surface area (Å²) in [5, 5.41) is 0. The standard InChI is InChI=1S/C20H28N4O2/c1-2-3-9-17(21)19-22-18(15-26-19)20(25)24-12-10-23(11-13-24)14-16-7-5-4-6-8-16/h4-8,15,17H,2-3,9-14,21H2,1H3. The van der Waals surface area contributed by atoms with Crippen LogP contribution < -0.4 is 5.73 Å². The van der Waals surface area contributed by atoms with Crippen LogP contribution in [0.3, 0.4) is 0 Å². The van der Waals surface area contributed by atoms with Crippen molar-refractivity contribution in [2.75, 3.05) is 26.2 Å². The Morgan fingerprint density at radius 1 is 1.23 bits per heavy atom. The number of piperazine rings is 1. The van der Waals surface area contributed by atoms with Gasteiger partial charge in [0.05, 0.1) is 6.04 Å². The maximum Gasteiger partial charge on any atom is 0.275 e. The maximum atomic E-state index is 12.7. The zero-order valence-electron chi connectivity index (χ0n) is 15.4. The minimum atomic E-state index is -0.237. The summed E-state index contributed by atoms with van der Waals surface area (Å²) in [7, 11) is 0. The lowest BCUT2D eigenvalue weighted by Crippen LogP contribution is -2.48. The van der Waals surface area contributed by atoms with Gasteiger partial charge in [0.15, 0.2) is 5.69 Å². The van der Waals surface area contributed by atoms with Crippen molar-refractivity contribution >= 4 is 5.91 Å². The van der Waals surface area contributed by atoms with E-state index in [1.54, 1.807) is 0 Å². The number of unbranched alkanes of at least 4 members (excludes halogenated alkanes) is 1. The first kappa shape index (κ1) is 18.6. The highest BCUT2D eigenvalue weighted by atomic mass is 16.3. The van der Waals surface area contributed by atoms with E-state index >= 15 is 0 Å². The molecule has 1 aromatic heterocycles. The normalized spacial score (nSPS) is 16.6. The van der Waals surface area contributed by atoms with Gasteiger partial charge < -0.3 is 15.1 Å². The Kier molecular flexibility index (Phi) is 6.41. The Morgan fingerprint density at radius 2 is 1.96 bits per heavy atom. The molecule has 0 radical (unpaired) electrons. The molecular weight excluding hydrogens is 328 g/mol. The molecule has 1 aliphatic heterocycles. The molecule has 2 N–H and O–H groups in total. The van der Waals surface area contributed by atoms with Gasteiger partial charge in [-0.2, -0.15) is 0 Å². The number of oxazole rings is 1. The molecule has 1 fully saturated rings. The molecule has 1 aromatic carbocycles. The van der Waals surface area contributed by atoms with Gasteiger partial charge in [-0.25, -0.2) is 4.98 Å². The first-order valence-electron chi connectivity index (χ1n) is 9.44. The first-order chi connectivity index (χ1) is 12.7. The van der Waals surface area contributed by atoms with Crippen LogP contribution in [0.2, 0.25) is 0 Å². The average molecular weight is 356 g/mol. The summed E-state index contributed by atoms with van der Waals surface area (Å²) < 4.78 is 5.44. The molecule has 6 nitrogen and oxygen atoms in total. The number of carbonyl (C=O) groups is 1. The van der Waals surface area contributed by atoms with Crippen LogP contribution in [-0.2, 0) is 6.54 Å². The van der Waals surface area contributed by atoms with Gasteiger partial charge in [0.2, 0.25) is 5.89 Å². The van der Waals surface area contributed by atoms with Crippen molar-refractivity contribution < 1.29 is 9.21 Å². The number of nitrogens with two attached hydrogens (primary N) is 1. The quantitative estimate of drug-likeness (QED) is 0.825. The fraction of sp³-hybridized carbons (Fsp3) is 0.500. The van der Waals surface area contributed by atoms with Crippen LogP contribution >= 0.6 is 0 Å². The molecule has 1 saturated heterocycles. The summed E-state index contributed by atoms with van der Waals surface area (Å²) in [6.07, 6.45) is 4.37. The van der Waals surface area contributed by atoms with Crippen LogP contribution in [0.5, 0.6) is 0 Å². The highest BCUT2D eigenvalue weighted by molar-refractivity contribution is 5.92. The summed E-state index contributed by atoms with van der Waals surface area (Å²) in [6, 6.07) is 10.2. The highest BCUT2D eigenvalue weighted by Gasteiger charge is 2.25. The van der Waals surface area contributed by atoms with E-state index in [1.807, 2.05) is 11.0 Å². The second-order valence-electron chi connectivity index (χ2n) is 6.87. The molecule has 3 rings (SSSR count). The molecule has 1 unspecified atom stereocenters. The number of rotatable bonds is 7. The van der Waals surface area contributed by atoms with Crippen LogP contribution in [0.1, 0.15) is 54.2 Å². The summed E-state index contributed by atoms with van der Waals surface area (Å²) in [5.74, 6) is 0.395. The average Bonchev–Trinajstić information content (AvgIpc) is 3.17. The molecule has 1 atom stereocenters. The summed E-state index contributed by atoms with van der Waals surface area (Å²) in [5.41, 5.74) is 7.74. The molecule has 26 heavy (non-hydrogen) atoms. The van der Waals surface area contributed by atoms with E-state index in [9.17, 15) is 4.79 Å². The zero-order valence-corrected chi connectivity index (χ0v) is 15.4. The van der Waals surface area contributed by atoms with Gasteiger partial charge in [-0.1, -0.05) is 50.1 Å². The van der Waals surface area contributed by atoms with E-state index in [0.717, 1.165) is 38.9 Å². The minimum absolute atomic E-state index is 0.0675. The van der Waals surface area contributed by atoms with Gasteiger partial charge in [0, 0.05) is 32.7 Å². The maximum absolute atomic E-state index is 12.7. The largest absolute Gasteiger partial charge is 0.446 e. The van der Waals surface area contributed by atoms with Gasteiger partial charge in [-0.3, -0.25) is 9.69 Å². The van der Waals surface area contributed by atoms with Crippen molar-refractivity contribution in [3.8, 4) is 0 Å². The van der Waals surface area contributed by atoms with Crippen molar-refractivity contribution in [2.24, 2.45) is 5.73 Å². The van der Waals surface area contributed by atoms with E-state index in [1.165, 1.54) is 11.8 Å². The van der Waals surface area contributed by atoms with Crippen molar-refractivity contribution in [1.29, 1.82) is 0 Å². The Labute approximate surface area is 155 Å². The lowest BCUT2D eigenvalue weighted by Gasteiger charge is -2.34. The predicted molar refractivity (Wildman–Crippen MR) is 101 cm³/mol. The van der Waals surface area contributed by atoms with Gasteiger partial charge in [0.1, 0.15) is 6.26 Å². The molecule has 1 aliphatic rings. The van der Waals surface area contributed by atoms with Gasteiger partial charge in [-0.15, -0.1) is 0 Å². The monoisotopic (exact) mass is 356 g/mol. The smallest absolute Gasteiger partial charge is 0.275 e. The first-order valence-corrected chi connectivity index (χ1v) is 9.44. The van der Waals surface area contributed by atoms with E-state index in [-0.39, 0.29) is 11.9 Å². The van der Waals surface area contributed by atoms with Gasteiger partial charge in [0.25, 0.3) is 5.91 Å². The van der Waals surface area contributed by atoms with Gasteiger partial charge >= 0.3 is 0 Å². The van der Waals surface area contributed by atoms with Crippen molar-refractivity contribution in [1.82, 2.24) is 14.8 Å². The Hall–Kier alpha value is -2.18. The number of amides is 1. The Balaban J connectivity index is 1.51. The Morgan fingerprint density at radius 3 is 2.65 bits per heavy atom. The van der Waals surface area contributed by atoms with Crippen LogP contribution in [-0.4, -0.2) is 46.9 Å². The number of aromatic nitrogens is 1. The molecule has 2 aromatic rings. The Bertz CT molecular complexity index is 693. The molecule has 0 spiro atoms. The highest BCUT2D eigenvalue weighted by Crippen LogP contribution is 2.18. The predicted octanol–water partition coefficient (Wildman–Crippen LogP) is 2.82. The lowest BCUT2D eigenvalue weighted by atomic mass is 10.1. The number of hydrogen-bond donors (Lipinski definition) is 1. The van der Waals surface area contributed by atoms with E-state index in [2.05, 4.69) is 41.1 Å². The summed E-state index contributed by atoms with van der Waals surface area (Å²) >= 11 is 0. The third-order valence-electron chi connectivity index (χ3n) is 4.84. The molecule has 140 valence electrons. The van der Waals surface area contributed by atoms with E-state index < -0.39 is 0 Å². The lowest BCUT2D eigenvalue weighted by molar-refractivity contribution is 0.0622. The van der Waals surface area contributed by atoms with Crippen molar-refractivity contribution in [3.05, 3.63) is 53.7 Å². The number of carbonyl (C=O) groups excluding carboxylic acids is 1. The van der Waals surface area contributed by atoms with Crippen molar-refractivity contribution in [3.63, 3.8) is 0 Å². The second-order valence-corrected chi connectivity index (χ2v) is 6.87.